The minimum absolute atomic E-state index is 0.0892. The summed E-state index contributed by atoms with van der Waals surface area (Å²) in [6.45, 7) is 6.92. The van der Waals surface area contributed by atoms with Crippen molar-refractivity contribution in [1.29, 1.82) is 5.26 Å². The van der Waals surface area contributed by atoms with Crippen LogP contribution in [0.1, 0.15) is 27.0 Å². The molecule has 0 atom stereocenters. The van der Waals surface area contributed by atoms with Crippen molar-refractivity contribution < 1.29 is 4.79 Å². The molecule has 1 aliphatic heterocycles. The van der Waals surface area contributed by atoms with E-state index in [9.17, 15) is 10.1 Å². The van der Waals surface area contributed by atoms with Gasteiger partial charge in [0.15, 0.2) is 0 Å². The topological polar surface area (TPSA) is 47.3 Å². The first-order valence-corrected chi connectivity index (χ1v) is 8.21. The highest BCUT2D eigenvalue weighted by atomic mass is 16.2. The van der Waals surface area contributed by atoms with E-state index >= 15 is 0 Å². The lowest BCUT2D eigenvalue weighted by atomic mass is 10.1. The Balaban J connectivity index is 1.69. The van der Waals surface area contributed by atoms with E-state index < -0.39 is 0 Å². The molecule has 3 rings (SSSR count). The fourth-order valence-electron chi connectivity index (χ4n) is 3.05. The number of nitriles is 1. The van der Waals surface area contributed by atoms with Gasteiger partial charge in [0.1, 0.15) is 6.07 Å². The van der Waals surface area contributed by atoms with Gasteiger partial charge in [0, 0.05) is 31.7 Å². The number of amides is 1. The van der Waals surface area contributed by atoms with Gasteiger partial charge in [0.05, 0.1) is 11.3 Å². The van der Waals surface area contributed by atoms with Crippen LogP contribution in [0.3, 0.4) is 0 Å². The second-order valence-electron chi connectivity index (χ2n) is 6.21. The maximum atomic E-state index is 12.7. The number of piperazine rings is 1. The molecule has 0 bridgehead atoms. The van der Waals surface area contributed by atoms with Crippen molar-refractivity contribution in [3.63, 3.8) is 0 Å². The third-order valence-corrected chi connectivity index (χ3v) is 4.69. The zero-order valence-electron chi connectivity index (χ0n) is 14.1. The van der Waals surface area contributed by atoms with Crippen LogP contribution >= 0.6 is 0 Å². The number of hydrogen-bond donors (Lipinski definition) is 0. The number of nitrogens with zero attached hydrogens (tertiary/aromatic N) is 3. The maximum absolute atomic E-state index is 12.7. The Morgan fingerprint density at radius 2 is 1.71 bits per heavy atom. The molecular weight excluding hydrogens is 298 g/mol. The molecule has 24 heavy (non-hydrogen) atoms. The molecule has 1 saturated heterocycles. The second-order valence-corrected chi connectivity index (χ2v) is 6.21. The molecule has 0 saturated carbocycles. The molecule has 1 heterocycles. The van der Waals surface area contributed by atoms with Crippen LogP contribution in [0.25, 0.3) is 0 Å². The van der Waals surface area contributed by atoms with Gasteiger partial charge >= 0.3 is 0 Å². The summed E-state index contributed by atoms with van der Waals surface area (Å²) in [5, 5.41) is 9.25. The molecule has 0 N–H and O–H groups in total. The molecule has 1 aliphatic rings. The second kappa shape index (κ2) is 6.76. The monoisotopic (exact) mass is 319 g/mol. The number of rotatable bonds is 2. The first-order valence-electron chi connectivity index (χ1n) is 8.21. The van der Waals surface area contributed by atoms with E-state index in [1.54, 1.807) is 0 Å². The largest absolute Gasteiger partial charge is 0.367 e. The lowest BCUT2D eigenvalue weighted by Gasteiger charge is -2.36. The van der Waals surface area contributed by atoms with Crippen LogP contribution in [-0.4, -0.2) is 37.0 Å². The van der Waals surface area contributed by atoms with Gasteiger partial charge in [0.2, 0.25) is 0 Å². The van der Waals surface area contributed by atoms with Gasteiger partial charge in [-0.05, 0) is 49.2 Å². The molecule has 1 amide bonds. The molecule has 0 aliphatic carbocycles. The molecule has 0 radical (unpaired) electrons. The van der Waals surface area contributed by atoms with Crippen molar-refractivity contribution in [2.24, 2.45) is 0 Å². The molecule has 0 aromatic heterocycles. The van der Waals surface area contributed by atoms with Crippen LogP contribution in [0.2, 0.25) is 0 Å². The lowest BCUT2D eigenvalue weighted by molar-refractivity contribution is 0.0746. The summed E-state index contributed by atoms with van der Waals surface area (Å²) in [6.07, 6.45) is 0. The predicted molar refractivity (Wildman–Crippen MR) is 95.2 cm³/mol. The molecule has 0 spiro atoms. The lowest BCUT2D eigenvalue weighted by Crippen LogP contribution is -2.49. The van der Waals surface area contributed by atoms with Gasteiger partial charge in [-0.1, -0.05) is 18.2 Å². The molecule has 122 valence electrons. The highest BCUT2D eigenvalue weighted by Crippen LogP contribution is 2.22. The molecule has 2 aromatic rings. The Morgan fingerprint density at radius 1 is 1.00 bits per heavy atom. The Morgan fingerprint density at radius 3 is 2.38 bits per heavy atom. The Labute approximate surface area is 142 Å². The Hall–Kier alpha value is -2.80. The van der Waals surface area contributed by atoms with Gasteiger partial charge in [0.25, 0.3) is 5.91 Å². The van der Waals surface area contributed by atoms with E-state index in [0.717, 1.165) is 29.9 Å². The van der Waals surface area contributed by atoms with E-state index in [1.807, 2.05) is 54.3 Å². The minimum Gasteiger partial charge on any atom is -0.367 e. The summed E-state index contributed by atoms with van der Waals surface area (Å²) in [6, 6.07) is 15.7. The number of aryl methyl sites for hydroxylation is 2. The molecule has 0 unspecified atom stereocenters. The molecule has 1 fully saturated rings. The Bertz CT molecular complexity index is 799. The van der Waals surface area contributed by atoms with Crippen LogP contribution in [0, 0.1) is 25.2 Å². The summed E-state index contributed by atoms with van der Waals surface area (Å²) in [7, 11) is 0. The van der Waals surface area contributed by atoms with Gasteiger partial charge in [-0.15, -0.1) is 0 Å². The smallest absolute Gasteiger partial charge is 0.253 e. The van der Waals surface area contributed by atoms with Gasteiger partial charge in [-0.2, -0.15) is 5.26 Å². The van der Waals surface area contributed by atoms with Crippen molar-refractivity contribution in [3.8, 4) is 6.07 Å². The van der Waals surface area contributed by atoms with Crippen molar-refractivity contribution in [1.82, 2.24) is 4.90 Å². The predicted octanol–water partition coefficient (Wildman–Crippen LogP) is 3.14. The van der Waals surface area contributed by atoms with Crippen molar-refractivity contribution in [3.05, 3.63) is 64.7 Å². The normalized spacial score (nSPS) is 14.4. The zero-order valence-corrected chi connectivity index (χ0v) is 14.1. The number of carbonyl (C=O) groups excluding carboxylic acids is 1. The van der Waals surface area contributed by atoms with Crippen molar-refractivity contribution in [2.45, 2.75) is 13.8 Å². The highest BCUT2D eigenvalue weighted by Gasteiger charge is 2.23. The Kier molecular flexibility index (Phi) is 4.52. The first kappa shape index (κ1) is 16.1. The maximum Gasteiger partial charge on any atom is 0.253 e. The summed E-state index contributed by atoms with van der Waals surface area (Å²) in [5.74, 6) is 0.0892. The van der Waals surface area contributed by atoms with Gasteiger partial charge < -0.3 is 9.80 Å². The summed E-state index contributed by atoms with van der Waals surface area (Å²) in [5.41, 5.74) is 4.74. The van der Waals surface area contributed by atoms with E-state index in [0.29, 0.717) is 18.7 Å². The number of hydrogen-bond acceptors (Lipinski definition) is 3. The fraction of sp³-hybridized carbons (Fsp3) is 0.300. The first-order chi connectivity index (χ1) is 11.6. The number of carbonyl (C=O) groups is 1. The minimum atomic E-state index is 0.0892. The molecule has 4 nitrogen and oxygen atoms in total. The van der Waals surface area contributed by atoms with E-state index in [2.05, 4.69) is 17.9 Å². The van der Waals surface area contributed by atoms with Crippen LogP contribution in [0.15, 0.2) is 42.5 Å². The number of para-hydroxylation sites is 1. The zero-order chi connectivity index (χ0) is 17.1. The van der Waals surface area contributed by atoms with Gasteiger partial charge in [-0.3, -0.25) is 4.79 Å². The van der Waals surface area contributed by atoms with Crippen LogP contribution in [0.5, 0.6) is 0 Å². The number of benzene rings is 2. The quantitative estimate of drug-likeness (QED) is 0.854. The van der Waals surface area contributed by atoms with E-state index in [4.69, 9.17) is 0 Å². The average Bonchev–Trinajstić information content (AvgIpc) is 2.63. The SMILES string of the molecule is Cc1ccc(C(=O)N2CCN(c3ccccc3C#N)CC2)cc1C. The third kappa shape index (κ3) is 3.11. The standard InChI is InChI=1S/C20H21N3O/c1-15-7-8-17(13-16(15)2)20(24)23-11-9-22(10-12-23)19-6-4-3-5-18(19)14-21/h3-8,13H,9-12H2,1-2H3. The summed E-state index contributed by atoms with van der Waals surface area (Å²) >= 11 is 0. The van der Waals surface area contributed by atoms with E-state index in [-0.39, 0.29) is 5.91 Å². The molecule has 2 aromatic carbocycles. The molecule has 4 heteroatoms. The van der Waals surface area contributed by atoms with Crippen LogP contribution in [0.4, 0.5) is 5.69 Å². The van der Waals surface area contributed by atoms with E-state index in [1.165, 1.54) is 5.56 Å². The van der Waals surface area contributed by atoms with Crippen molar-refractivity contribution >= 4 is 11.6 Å². The third-order valence-electron chi connectivity index (χ3n) is 4.69. The number of anilines is 1. The fourth-order valence-corrected chi connectivity index (χ4v) is 3.05. The summed E-state index contributed by atoms with van der Waals surface area (Å²) in [4.78, 5) is 16.8. The van der Waals surface area contributed by atoms with Crippen LogP contribution in [-0.2, 0) is 0 Å². The highest BCUT2D eigenvalue weighted by molar-refractivity contribution is 5.94. The van der Waals surface area contributed by atoms with Crippen molar-refractivity contribution in [2.75, 3.05) is 31.1 Å². The van der Waals surface area contributed by atoms with Gasteiger partial charge in [-0.25, -0.2) is 0 Å². The molecular formula is C20H21N3O. The average molecular weight is 319 g/mol. The summed E-state index contributed by atoms with van der Waals surface area (Å²) < 4.78 is 0. The van der Waals surface area contributed by atoms with Crippen LogP contribution < -0.4 is 4.90 Å².